The number of ether oxygens (including phenoxy) is 1. The summed E-state index contributed by atoms with van der Waals surface area (Å²) >= 11 is 0. The Kier molecular flexibility index (Phi) is 2.33. The molecule has 0 spiro atoms. The maximum absolute atomic E-state index is 11.5. The number of nitrogens with two attached hydrogens (primary N) is 1. The van der Waals surface area contributed by atoms with Crippen LogP contribution in [0, 0.1) is 0 Å². The van der Waals surface area contributed by atoms with Crippen molar-refractivity contribution in [1.82, 2.24) is 4.40 Å². The number of aromatic nitrogens is 1. The van der Waals surface area contributed by atoms with Gasteiger partial charge < -0.3 is 14.9 Å². The third kappa shape index (κ3) is 1.54. The van der Waals surface area contributed by atoms with E-state index in [9.17, 15) is 4.79 Å². The van der Waals surface area contributed by atoms with Gasteiger partial charge in [0.1, 0.15) is 11.4 Å². The number of esters is 1. The minimum Gasteiger partial charge on any atom is -0.462 e. The monoisotopic (exact) mass is 204 g/mol. The largest absolute Gasteiger partial charge is 0.462 e. The number of hydrogen-bond donors (Lipinski definition) is 1. The van der Waals surface area contributed by atoms with E-state index in [2.05, 4.69) is 0 Å². The van der Waals surface area contributed by atoms with Gasteiger partial charge in [-0.2, -0.15) is 0 Å². The first-order valence-electron chi connectivity index (χ1n) is 4.76. The third-order valence-corrected chi connectivity index (χ3v) is 2.21. The maximum Gasteiger partial charge on any atom is 0.341 e. The van der Waals surface area contributed by atoms with Crippen molar-refractivity contribution in [1.29, 1.82) is 0 Å². The van der Waals surface area contributed by atoms with Gasteiger partial charge in [-0.15, -0.1) is 0 Å². The Balaban J connectivity index is 2.53. The number of anilines is 1. The van der Waals surface area contributed by atoms with Gasteiger partial charge in [0.05, 0.1) is 6.61 Å². The van der Waals surface area contributed by atoms with E-state index in [0.717, 1.165) is 5.52 Å². The van der Waals surface area contributed by atoms with Gasteiger partial charge in [0.25, 0.3) is 0 Å². The van der Waals surface area contributed by atoms with Crippen molar-refractivity contribution in [2.75, 3.05) is 12.3 Å². The fraction of sp³-hybridized carbons (Fsp3) is 0.182. The number of rotatable bonds is 2. The van der Waals surface area contributed by atoms with Crippen molar-refractivity contribution in [2.24, 2.45) is 0 Å². The molecule has 2 N–H and O–H groups in total. The third-order valence-electron chi connectivity index (χ3n) is 2.21. The molecule has 0 bridgehead atoms. The lowest BCUT2D eigenvalue weighted by Gasteiger charge is -2.00. The molecule has 2 aromatic rings. The minimum atomic E-state index is -0.376. The molecule has 0 atom stereocenters. The summed E-state index contributed by atoms with van der Waals surface area (Å²) < 4.78 is 6.66. The lowest BCUT2D eigenvalue weighted by atomic mass is 10.3. The summed E-state index contributed by atoms with van der Waals surface area (Å²) in [6.07, 6.45) is 1.81. The van der Waals surface area contributed by atoms with Crippen LogP contribution in [0.4, 0.5) is 5.82 Å². The van der Waals surface area contributed by atoms with E-state index in [1.807, 2.05) is 24.4 Å². The number of fused-ring (bicyclic) bond motifs is 1. The van der Waals surface area contributed by atoms with Gasteiger partial charge in [-0.05, 0) is 25.1 Å². The van der Waals surface area contributed by atoms with Crippen LogP contribution in [0.15, 0.2) is 30.5 Å². The average molecular weight is 204 g/mol. The highest BCUT2D eigenvalue weighted by Gasteiger charge is 2.14. The van der Waals surface area contributed by atoms with E-state index >= 15 is 0 Å². The zero-order valence-electron chi connectivity index (χ0n) is 8.43. The summed E-state index contributed by atoms with van der Waals surface area (Å²) in [5.74, 6) is 0.0442. The van der Waals surface area contributed by atoms with Crippen LogP contribution in [0.25, 0.3) is 5.52 Å². The molecule has 0 unspecified atom stereocenters. The number of hydrogen-bond acceptors (Lipinski definition) is 3. The minimum absolute atomic E-state index is 0.352. The molecule has 0 aliphatic carbocycles. The van der Waals surface area contributed by atoms with Crippen molar-refractivity contribution < 1.29 is 9.53 Å². The topological polar surface area (TPSA) is 56.7 Å². The Bertz CT molecular complexity index is 502. The van der Waals surface area contributed by atoms with Gasteiger partial charge in [0.15, 0.2) is 0 Å². The molecule has 0 fully saturated rings. The second kappa shape index (κ2) is 3.65. The van der Waals surface area contributed by atoms with Crippen molar-refractivity contribution in [2.45, 2.75) is 6.92 Å². The van der Waals surface area contributed by atoms with Crippen LogP contribution in [-0.2, 0) is 4.74 Å². The molecular formula is C11H12N2O2. The summed E-state index contributed by atoms with van der Waals surface area (Å²) in [5, 5.41) is 0. The van der Waals surface area contributed by atoms with Gasteiger partial charge in [0, 0.05) is 11.7 Å². The fourth-order valence-electron chi connectivity index (χ4n) is 1.52. The number of carbonyl (C=O) groups is 1. The molecule has 4 nitrogen and oxygen atoms in total. The standard InChI is InChI=1S/C11H12N2O2/c1-2-15-11(14)9-7-8-5-3-4-6-13(8)10(9)12/h3-7H,2,12H2,1H3. The molecule has 0 aliphatic heterocycles. The molecule has 2 heterocycles. The lowest BCUT2D eigenvalue weighted by molar-refractivity contribution is 0.0528. The van der Waals surface area contributed by atoms with E-state index in [1.165, 1.54) is 0 Å². The highest BCUT2D eigenvalue weighted by Crippen LogP contribution is 2.19. The molecule has 4 heteroatoms. The quantitative estimate of drug-likeness (QED) is 0.757. The maximum atomic E-state index is 11.5. The summed E-state index contributed by atoms with van der Waals surface area (Å²) in [5.41, 5.74) is 7.14. The smallest absolute Gasteiger partial charge is 0.341 e. The SMILES string of the molecule is CCOC(=O)c1cc2ccccn2c1N. The Hall–Kier alpha value is -1.97. The Morgan fingerprint density at radius 2 is 2.33 bits per heavy atom. The molecule has 78 valence electrons. The second-order valence-electron chi connectivity index (χ2n) is 3.16. The number of nitrogens with zero attached hydrogens (tertiary/aromatic N) is 1. The summed E-state index contributed by atoms with van der Waals surface area (Å²) in [7, 11) is 0. The van der Waals surface area contributed by atoms with Crippen LogP contribution < -0.4 is 5.73 Å². The van der Waals surface area contributed by atoms with Gasteiger partial charge >= 0.3 is 5.97 Å². The van der Waals surface area contributed by atoms with Crippen molar-refractivity contribution >= 4 is 17.3 Å². The van der Waals surface area contributed by atoms with E-state index in [-0.39, 0.29) is 5.97 Å². The van der Waals surface area contributed by atoms with Crippen molar-refractivity contribution in [3.8, 4) is 0 Å². The first kappa shape index (κ1) is 9.58. The Morgan fingerprint density at radius 1 is 1.53 bits per heavy atom. The molecule has 0 amide bonds. The summed E-state index contributed by atoms with van der Waals surface area (Å²) in [4.78, 5) is 11.5. The van der Waals surface area contributed by atoms with Crippen LogP contribution in [0.3, 0.4) is 0 Å². The van der Waals surface area contributed by atoms with Crippen molar-refractivity contribution in [3.05, 3.63) is 36.0 Å². The molecule has 0 saturated carbocycles. The Labute approximate surface area is 87.3 Å². The molecule has 2 rings (SSSR count). The van der Waals surface area contributed by atoms with Gasteiger partial charge in [-0.25, -0.2) is 4.79 Å². The number of carbonyl (C=O) groups excluding carboxylic acids is 1. The van der Waals surface area contributed by atoms with Crippen LogP contribution in [0.2, 0.25) is 0 Å². The zero-order chi connectivity index (χ0) is 10.8. The molecule has 15 heavy (non-hydrogen) atoms. The van der Waals surface area contributed by atoms with Crippen LogP contribution in [-0.4, -0.2) is 17.0 Å². The molecule has 0 aromatic carbocycles. The van der Waals surface area contributed by atoms with E-state index in [1.54, 1.807) is 17.4 Å². The molecule has 0 saturated heterocycles. The lowest BCUT2D eigenvalue weighted by Crippen LogP contribution is -2.06. The molecular weight excluding hydrogens is 192 g/mol. The highest BCUT2D eigenvalue weighted by atomic mass is 16.5. The first-order chi connectivity index (χ1) is 7.24. The molecule has 0 radical (unpaired) electrons. The average Bonchev–Trinajstić information content (AvgIpc) is 2.57. The van der Waals surface area contributed by atoms with Crippen molar-refractivity contribution in [3.63, 3.8) is 0 Å². The normalized spacial score (nSPS) is 10.5. The van der Waals surface area contributed by atoms with Gasteiger partial charge in [-0.3, -0.25) is 0 Å². The number of pyridine rings is 1. The fourth-order valence-corrected chi connectivity index (χ4v) is 1.52. The van der Waals surface area contributed by atoms with E-state index < -0.39 is 0 Å². The Morgan fingerprint density at radius 3 is 3.00 bits per heavy atom. The van der Waals surface area contributed by atoms with Crippen LogP contribution in [0.5, 0.6) is 0 Å². The second-order valence-corrected chi connectivity index (χ2v) is 3.16. The molecule has 0 aliphatic rings. The highest BCUT2D eigenvalue weighted by molar-refractivity contribution is 5.96. The predicted octanol–water partition coefficient (Wildman–Crippen LogP) is 1.70. The van der Waals surface area contributed by atoms with Crippen LogP contribution in [0.1, 0.15) is 17.3 Å². The summed E-state index contributed by atoms with van der Waals surface area (Å²) in [6.45, 7) is 2.12. The van der Waals surface area contributed by atoms with Gasteiger partial charge in [-0.1, -0.05) is 6.07 Å². The first-order valence-corrected chi connectivity index (χ1v) is 4.76. The molecule has 2 aromatic heterocycles. The predicted molar refractivity (Wildman–Crippen MR) is 57.8 cm³/mol. The zero-order valence-corrected chi connectivity index (χ0v) is 8.43. The van der Waals surface area contributed by atoms with Gasteiger partial charge in [0.2, 0.25) is 0 Å². The number of nitrogen functional groups attached to an aromatic ring is 1. The van der Waals surface area contributed by atoms with E-state index in [0.29, 0.717) is 18.0 Å². The van der Waals surface area contributed by atoms with Crippen LogP contribution >= 0.6 is 0 Å². The summed E-state index contributed by atoms with van der Waals surface area (Å²) in [6, 6.07) is 7.37. The van der Waals surface area contributed by atoms with E-state index in [4.69, 9.17) is 10.5 Å².